The van der Waals surface area contributed by atoms with Gasteiger partial charge in [0.1, 0.15) is 4.21 Å². The van der Waals surface area contributed by atoms with Crippen LogP contribution in [0.1, 0.15) is 18.2 Å². The van der Waals surface area contributed by atoms with E-state index in [1.165, 1.54) is 15.6 Å². The fraction of sp³-hybridized carbons (Fsp3) is 0.667. The summed E-state index contributed by atoms with van der Waals surface area (Å²) in [6.07, 6.45) is 0.813. The maximum Gasteiger partial charge on any atom is 0.252 e. The molecule has 108 valence electrons. The topological polar surface area (TPSA) is 83.6 Å². The zero-order valence-corrected chi connectivity index (χ0v) is 12.6. The average Bonchev–Trinajstić information content (AvgIpc) is 2.82. The van der Waals surface area contributed by atoms with Crippen LogP contribution < -0.4 is 5.73 Å². The molecule has 1 aromatic heterocycles. The quantitative estimate of drug-likeness (QED) is 0.855. The van der Waals surface area contributed by atoms with Crippen LogP contribution in [0.15, 0.2) is 16.3 Å². The Balaban J connectivity index is 2.17. The molecule has 0 saturated carbocycles. The van der Waals surface area contributed by atoms with Gasteiger partial charge in [-0.15, -0.1) is 11.3 Å². The van der Waals surface area contributed by atoms with Crippen LogP contribution in [0.4, 0.5) is 0 Å². The van der Waals surface area contributed by atoms with Gasteiger partial charge in [-0.25, -0.2) is 8.42 Å². The van der Waals surface area contributed by atoms with E-state index in [2.05, 4.69) is 0 Å². The molecule has 0 spiro atoms. The number of sulfonamides is 1. The van der Waals surface area contributed by atoms with Crippen LogP contribution in [-0.4, -0.2) is 43.6 Å². The van der Waals surface area contributed by atoms with Crippen molar-refractivity contribution in [1.29, 1.82) is 0 Å². The molecule has 0 aliphatic carbocycles. The number of thiophene rings is 1. The molecule has 1 aromatic rings. The van der Waals surface area contributed by atoms with E-state index >= 15 is 0 Å². The normalized spacial score (nSPS) is 25.6. The van der Waals surface area contributed by atoms with Gasteiger partial charge in [0.2, 0.25) is 0 Å². The minimum absolute atomic E-state index is 0.155. The largest absolute Gasteiger partial charge is 0.391 e. The lowest BCUT2D eigenvalue weighted by molar-refractivity contribution is 0.0606. The van der Waals surface area contributed by atoms with E-state index in [0.29, 0.717) is 30.1 Å². The zero-order valence-electron chi connectivity index (χ0n) is 10.9. The molecule has 2 heterocycles. The molecule has 2 atom stereocenters. The highest BCUT2D eigenvalue weighted by atomic mass is 32.2. The molecular formula is C12H20N2O3S2. The fourth-order valence-electron chi connectivity index (χ4n) is 2.14. The number of hydrogen-bond donors (Lipinski definition) is 2. The van der Waals surface area contributed by atoms with Crippen molar-refractivity contribution in [3.8, 4) is 0 Å². The lowest BCUT2D eigenvalue weighted by Crippen LogP contribution is -2.45. The van der Waals surface area contributed by atoms with E-state index in [0.717, 1.165) is 4.88 Å². The number of nitrogens with two attached hydrogens (primary N) is 1. The van der Waals surface area contributed by atoms with E-state index in [1.54, 1.807) is 6.07 Å². The van der Waals surface area contributed by atoms with E-state index in [-0.39, 0.29) is 12.5 Å². The summed E-state index contributed by atoms with van der Waals surface area (Å²) in [5, 5.41) is 9.83. The first-order valence-corrected chi connectivity index (χ1v) is 8.68. The molecule has 1 saturated heterocycles. The second kappa shape index (κ2) is 5.88. The second-order valence-electron chi connectivity index (χ2n) is 4.96. The van der Waals surface area contributed by atoms with Crippen molar-refractivity contribution in [3.05, 3.63) is 17.0 Å². The number of β-amino-alcohol motifs (C(OH)–C–C–N with tert-alkyl or cyclic N) is 1. The number of hydrogen-bond acceptors (Lipinski definition) is 5. The number of aliphatic hydroxyl groups is 1. The van der Waals surface area contributed by atoms with Gasteiger partial charge in [0.25, 0.3) is 10.0 Å². The molecule has 5 nitrogen and oxygen atoms in total. The molecule has 0 radical (unpaired) electrons. The van der Waals surface area contributed by atoms with Gasteiger partial charge < -0.3 is 10.8 Å². The Kier molecular flexibility index (Phi) is 4.62. The van der Waals surface area contributed by atoms with Crippen LogP contribution in [0, 0.1) is 5.92 Å². The van der Waals surface area contributed by atoms with Gasteiger partial charge in [-0.05, 0) is 37.4 Å². The molecule has 2 unspecified atom stereocenters. The Bertz CT molecular complexity index is 527. The van der Waals surface area contributed by atoms with Crippen molar-refractivity contribution >= 4 is 21.4 Å². The van der Waals surface area contributed by atoms with Crippen LogP contribution in [0.25, 0.3) is 0 Å². The third kappa shape index (κ3) is 3.17. The van der Waals surface area contributed by atoms with Gasteiger partial charge in [-0.3, -0.25) is 0 Å². The van der Waals surface area contributed by atoms with Crippen molar-refractivity contribution in [2.45, 2.75) is 30.1 Å². The highest BCUT2D eigenvalue weighted by Crippen LogP contribution is 2.28. The minimum atomic E-state index is -3.46. The van der Waals surface area contributed by atoms with Gasteiger partial charge in [0, 0.05) is 18.0 Å². The molecule has 1 aliphatic heterocycles. The van der Waals surface area contributed by atoms with E-state index in [9.17, 15) is 13.5 Å². The summed E-state index contributed by atoms with van der Waals surface area (Å²) in [6.45, 7) is 3.12. The summed E-state index contributed by atoms with van der Waals surface area (Å²) >= 11 is 1.27. The maximum absolute atomic E-state index is 12.5. The molecule has 1 fully saturated rings. The maximum atomic E-state index is 12.5. The third-order valence-corrected chi connectivity index (χ3v) is 6.98. The van der Waals surface area contributed by atoms with Gasteiger partial charge in [-0.1, -0.05) is 6.92 Å². The van der Waals surface area contributed by atoms with Crippen molar-refractivity contribution < 1.29 is 13.5 Å². The second-order valence-corrected chi connectivity index (χ2v) is 8.29. The van der Waals surface area contributed by atoms with Crippen LogP contribution in [0.3, 0.4) is 0 Å². The first-order valence-electron chi connectivity index (χ1n) is 6.42. The predicted molar refractivity (Wildman–Crippen MR) is 75.6 cm³/mol. The molecule has 0 bridgehead atoms. The SMILES string of the molecule is CC1CCN(S(=O)(=O)c2ccc(CCN)s2)CC1O. The summed E-state index contributed by atoms with van der Waals surface area (Å²) in [6, 6.07) is 3.45. The van der Waals surface area contributed by atoms with Gasteiger partial charge >= 0.3 is 0 Å². The van der Waals surface area contributed by atoms with Gasteiger partial charge in [-0.2, -0.15) is 4.31 Å². The van der Waals surface area contributed by atoms with Crippen LogP contribution in [-0.2, 0) is 16.4 Å². The Morgan fingerprint density at radius 3 is 2.89 bits per heavy atom. The predicted octanol–water partition coefficient (Wildman–Crippen LogP) is 0.641. The molecule has 7 heteroatoms. The smallest absolute Gasteiger partial charge is 0.252 e. The first-order chi connectivity index (χ1) is 8.95. The molecule has 2 rings (SSSR count). The molecule has 0 amide bonds. The number of piperidine rings is 1. The van der Waals surface area contributed by atoms with E-state index in [1.807, 2.05) is 13.0 Å². The third-order valence-electron chi connectivity index (χ3n) is 3.50. The van der Waals surface area contributed by atoms with Gasteiger partial charge in [0.05, 0.1) is 6.10 Å². The summed E-state index contributed by atoms with van der Waals surface area (Å²) in [7, 11) is -3.46. The van der Waals surface area contributed by atoms with Gasteiger partial charge in [0.15, 0.2) is 0 Å². The highest BCUT2D eigenvalue weighted by molar-refractivity contribution is 7.91. The van der Waals surface area contributed by atoms with Crippen LogP contribution >= 0.6 is 11.3 Å². The summed E-state index contributed by atoms with van der Waals surface area (Å²) < 4.78 is 26.6. The first kappa shape index (κ1) is 14.9. The van der Waals surface area contributed by atoms with Crippen molar-refractivity contribution in [1.82, 2.24) is 4.31 Å². The molecule has 1 aliphatic rings. The van der Waals surface area contributed by atoms with Crippen molar-refractivity contribution in [2.24, 2.45) is 11.7 Å². The van der Waals surface area contributed by atoms with E-state index < -0.39 is 16.1 Å². The molecule has 0 aromatic carbocycles. The van der Waals surface area contributed by atoms with Crippen LogP contribution in [0.2, 0.25) is 0 Å². The Morgan fingerprint density at radius 1 is 1.53 bits per heavy atom. The Hall–Kier alpha value is -0.470. The number of rotatable bonds is 4. The zero-order chi connectivity index (χ0) is 14.0. The van der Waals surface area contributed by atoms with E-state index in [4.69, 9.17) is 5.73 Å². The average molecular weight is 304 g/mol. The number of nitrogens with zero attached hydrogens (tertiary/aromatic N) is 1. The molecule has 19 heavy (non-hydrogen) atoms. The summed E-state index contributed by atoms with van der Waals surface area (Å²) in [4.78, 5) is 0.979. The lowest BCUT2D eigenvalue weighted by Gasteiger charge is -2.32. The summed E-state index contributed by atoms with van der Waals surface area (Å²) in [5.41, 5.74) is 5.47. The Morgan fingerprint density at radius 2 is 2.26 bits per heavy atom. The highest BCUT2D eigenvalue weighted by Gasteiger charge is 2.33. The lowest BCUT2D eigenvalue weighted by atomic mass is 9.98. The Labute approximate surface area is 118 Å². The standard InChI is InChI=1S/C12H20N2O3S2/c1-9-5-7-14(8-11(9)15)19(16,17)12-3-2-10(18-12)4-6-13/h2-3,9,11,15H,4-8,13H2,1H3. The minimum Gasteiger partial charge on any atom is -0.391 e. The molecular weight excluding hydrogens is 284 g/mol. The van der Waals surface area contributed by atoms with Crippen molar-refractivity contribution in [2.75, 3.05) is 19.6 Å². The van der Waals surface area contributed by atoms with Crippen LogP contribution in [0.5, 0.6) is 0 Å². The fourth-order valence-corrected chi connectivity index (χ4v) is 5.14. The molecule has 3 N–H and O–H groups in total. The monoisotopic (exact) mass is 304 g/mol. The number of aliphatic hydroxyl groups excluding tert-OH is 1. The summed E-state index contributed by atoms with van der Waals surface area (Å²) in [5.74, 6) is 0.155. The van der Waals surface area contributed by atoms with Crippen molar-refractivity contribution in [3.63, 3.8) is 0 Å².